The summed E-state index contributed by atoms with van der Waals surface area (Å²) in [6, 6.07) is 4.89. The first-order valence-corrected chi connectivity index (χ1v) is 20.7. The number of nitrogens with one attached hydrogen (secondary N) is 4. The standard InChI is InChI=1S/C41H59N5O7S/c1-9-11-21-31(33(47)36(49)42-25-12-10-2)43-35(48)32-30(39(3,4)5)22-26-46(32)37(50)34(40(6,7)8)44-38(51)45-41(23-17-14-18-24-41)28-54(52,53)27-29-19-15-13-16-20-29/h1-2,13,15-16,19-20,30-32,34H,11-12,14,17-18,21-28H2,3-8H3,(H,42,49)(H,43,48)(H2,44,45,51)/t30?,31?,32-,34+/m0/s1. The number of benzene rings is 1. The molecule has 1 heterocycles. The van der Waals surface area contributed by atoms with Crippen LogP contribution in [0, 0.1) is 41.4 Å². The molecule has 1 saturated heterocycles. The van der Waals surface area contributed by atoms with Crippen LogP contribution < -0.4 is 21.3 Å². The number of hydrogen-bond acceptors (Lipinski definition) is 7. The molecule has 3 rings (SSSR count). The molecule has 4 atom stereocenters. The average molecular weight is 766 g/mol. The van der Waals surface area contributed by atoms with Crippen LogP contribution in [0.4, 0.5) is 4.79 Å². The van der Waals surface area contributed by atoms with Gasteiger partial charge in [0.05, 0.1) is 23.1 Å². The smallest absolute Gasteiger partial charge is 0.315 e. The fourth-order valence-corrected chi connectivity index (χ4v) is 9.58. The van der Waals surface area contributed by atoms with Crippen molar-refractivity contribution >= 4 is 39.4 Å². The summed E-state index contributed by atoms with van der Waals surface area (Å²) < 4.78 is 26.9. The second kappa shape index (κ2) is 18.8. The zero-order valence-electron chi connectivity index (χ0n) is 32.8. The number of amides is 5. The van der Waals surface area contributed by atoms with Crippen molar-refractivity contribution < 1.29 is 32.4 Å². The van der Waals surface area contributed by atoms with Crippen molar-refractivity contribution in [2.45, 2.75) is 129 Å². The Hall–Kier alpha value is -4.36. The van der Waals surface area contributed by atoms with E-state index in [0.717, 1.165) is 19.3 Å². The maximum Gasteiger partial charge on any atom is 0.315 e. The fraction of sp³-hybridized carbons (Fsp3) is 0.634. The van der Waals surface area contributed by atoms with E-state index in [1.807, 2.05) is 26.8 Å². The first-order valence-electron chi connectivity index (χ1n) is 18.9. The molecule has 5 amide bonds. The highest BCUT2D eigenvalue weighted by atomic mass is 32.2. The van der Waals surface area contributed by atoms with Crippen molar-refractivity contribution in [3.8, 4) is 24.7 Å². The number of Topliss-reactive ketones (excluding diaryl/α,β-unsaturated/α-hetero) is 1. The zero-order chi connectivity index (χ0) is 40.3. The van der Waals surface area contributed by atoms with Crippen molar-refractivity contribution in [1.29, 1.82) is 0 Å². The van der Waals surface area contributed by atoms with Crippen LogP contribution in [0.1, 0.15) is 105 Å². The highest BCUT2D eigenvalue weighted by molar-refractivity contribution is 7.90. The molecule has 1 aromatic carbocycles. The molecule has 12 nitrogen and oxygen atoms in total. The fourth-order valence-electron chi connectivity index (χ4n) is 7.57. The maximum absolute atomic E-state index is 14.6. The summed E-state index contributed by atoms with van der Waals surface area (Å²) in [4.78, 5) is 70.0. The van der Waals surface area contributed by atoms with E-state index < -0.39 is 73.9 Å². The minimum atomic E-state index is -3.63. The van der Waals surface area contributed by atoms with Crippen LogP contribution >= 0.6 is 0 Å². The molecule has 13 heteroatoms. The summed E-state index contributed by atoms with van der Waals surface area (Å²) in [7, 11) is -3.63. The topological polar surface area (TPSA) is 171 Å². The van der Waals surface area contributed by atoms with E-state index in [2.05, 4.69) is 33.1 Å². The van der Waals surface area contributed by atoms with Crippen LogP contribution in [0.3, 0.4) is 0 Å². The van der Waals surface area contributed by atoms with Crippen molar-refractivity contribution in [3.63, 3.8) is 0 Å². The van der Waals surface area contributed by atoms with Crippen molar-refractivity contribution in [3.05, 3.63) is 35.9 Å². The van der Waals surface area contributed by atoms with Gasteiger partial charge < -0.3 is 26.2 Å². The average Bonchev–Trinajstić information content (AvgIpc) is 3.55. The molecule has 2 fully saturated rings. The summed E-state index contributed by atoms with van der Waals surface area (Å²) in [6.07, 6.45) is 14.9. The van der Waals surface area contributed by atoms with E-state index in [1.54, 1.807) is 45.0 Å². The summed E-state index contributed by atoms with van der Waals surface area (Å²) in [5.41, 5.74) is -1.61. The highest BCUT2D eigenvalue weighted by Crippen LogP contribution is 2.40. The quantitative estimate of drug-likeness (QED) is 0.119. The van der Waals surface area contributed by atoms with Crippen LogP contribution in [0.2, 0.25) is 0 Å². The number of carbonyl (C=O) groups excluding carboxylic acids is 5. The van der Waals surface area contributed by atoms with Gasteiger partial charge in [-0.2, -0.15) is 0 Å². The number of hydrogen-bond donors (Lipinski definition) is 4. The van der Waals surface area contributed by atoms with E-state index in [1.165, 1.54) is 4.90 Å². The lowest BCUT2D eigenvalue weighted by Gasteiger charge is -2.41. The Morgan fingerprint density at radius 1 is 0.926 bits per heavy atom. The second-order valence-electron chi connectivity index (χ2n) is 16.9. The third-order valence-corrected chi connectivity index (χ3v) is 12.1. The van der Waals surface area contributed by atoms with Gasteiger partial charge in [0, 0.05) is 25.9 Å². The Kier molecular flexibility index (Phi) is 15.3. The van der Waals surface area contributed by atoms with Gasteiger partial charge in [0.25, 0.3) is 5.91 Å². The van der Waals surface area contributed by atoms with Crippen molar-refractivity contribution in [2.24, 2.45) is 16.7 Å². The molecule has 1 aromatic rings. The molecule has 1 saturated carbocycles. The largest absolute Gasteiger partial charge is 0.348 e. The van der Waals surface area contributed by atoms with Gasteiger partial charge in [0.1, 0.15) is 12.1 Å². The Morgan fingerprint density at radius 3 is 2.13 bits per heavy atom. The third-order valence-electron chi connectivity index (χ3n) is 10.4. The van der Waals surface area contributed by atoms with E-state index in [-0.39, 0.29) is 49.8 Å². The maximum atomic E-state index is 14.6. The highest BCUT2D eigenvalue weighted by Gasteiger charge is 2.50. The van der Waals surface area contributed by atoms with Gasteiger partial charge in [-0.3, -0.25) is 19.2 Å². The molecule has 2 unspecified atom stereocenters. The lowest BCUT2D eigenvalue weighted by Crippen LogP contribution is -2.63. The van der Waals surface area contributed by atoms with Gasteiger partial charge in [-0.1, -0.05) is 91.1 Å². The molecular weight excluding hydrogens is 707 g/mol. The third kappa shape index (κ3) is 12.3. The normalized spacial score (nSPS) is 19.7. The summed E-state index contributed by atoms with van der Waals surface area (Å²) in [5.74, 6) is 1.26. The van der Waals surface area contributed by atoms with E-state index in [0.29, 0.717) is 24.8 Å². The van der Waals surface area contributed by atoms with Gasteiger partial charge in [-0.15, -0.1) is 24.7 Å². The van der Waals surface area contributed by atoms with Crippen LogP contribution in [-0.2, 0) is 34.8 Å². The number of urea groups is 1. The Labute approximate surface area is 322 Å². The monoisotopic (exact) mass is 765 g/mol. The molecule has 1 aliphatic heterocycles. The SMILES string of the molecule is C#CCCNC(=O)C(=O)C(CCC#C)NC(=O)[C@@H]1C(C(C)(C)C)CCN1C(=O)[C@@H](NC(=O)NC1(CS(=O)(=O)Cc2ccccc2)CCCCC1)C(C)(C)C. The number of ketones is 1. The number of nitrogens with zero attached hydrogens (tertiary/aromatic N) is 1. The molecule has 0 radical (unpaired) electrons. The van der Waals surface area contributed by atoms with Gasteiger partial charge in [-0.25, -0.2) is 13.2 Å². The van der Waals surface area contributed by atoms with E-state index in [9.17, 15) is 32.4 Å². The molecule has 54 heavy (non-hydrogen) atoms. The van der Waals surface area contributed by atoms with Gasteiger partial charge in [-0.05, 0) is 48.0 Å². The zero-order valence-corrected chi connectivity index (χ0v) is 33.6. The van der Waals surface area contributed by atoms with Crippen LogP contribution in [0.15, 0.2) is 30.3 Å². The minimum absolute atomic E-state index is 0.0135. The molecule has 0 bridgehead atoms. The first-order chi connectivity index (χ1) is 25.2. The molecule has 0 aromatic heterocycles. The number of sulfone groups is 1. The molecule has 4 N–H and O–H groups in total. The van der Waals surface area contributed by atoms with E-state index in [4.69, 9.17) is 12.8 Å². The predicted molar refractivity (Wildman–Crippen MR) is 209 cm³/mol. The summed E-state index contributed by atoms with van der Waals surface area (Å²) >= 11 is 0. The molecular formula is C41H59N5O7S. The first kappa shape index (κ1) is 44.0. The van der Waals surface area contributed by atoms with Gasteiger partial charge >= 0.3 is 6.03 Å². The van der Waals surface area contributed by atoms with Crippen LogP contribution in [0.25, 0.3) is 0 Å². The number of carbonyl (C=O) groups is 5. The van der Waals surface area contributed by atoms with Crippen molar-refractivity contribution in [2.75, 3.05) is 18.8 Å². The van der Waals surface area contributed by atoms with E-state index >= 15 is 0 Å². The lowest BCUT2D eigenvalue weighted by atomic mass is 9.75. The molecule has 2 aliphatic rings. The van der Waals surface area contributed by atoms with Gasteiger partial charge in [0.15, 0.2) is 9.84 Å². The van der Waals surface area contributed by atoms with Gasteiger partial charge in [0.2, 0.25) is 17.6 Å². The Balaban J connectivity index is 1.87. The predicted octanol–water partition coefficient (Wildman–Crippen LogP) is 3.89. The van der Waals surface area contributed by atoms with Crippen molar-refractivity contribution in [1.82, 2.24) is 26.2 Å². The molecule has 296 valence electrons. The molecule has 0 spiro atoms. The summed E-state index contributed by atoms with van der Waals surface area (Å²) in [5, 5.41) is 11.1. The lowest BCUT2D eigenvalue weighted by molar-refractivity contribution is -0.145. The number of likely N-dealkylation sites (tertiary alicyclic amines) is 1. The Bertz CT molecular complexity index is 1690. The summed E-state index contributed by atoms with van der Waals surface area (Å²) in [6.45, 7) is 11.6. The van der Waals surface area contributed by atoms with Crippen LogP contribution in [-0.4, -0.2) is 85.4 Å². The number of terminal acetylenes is 2. The second-order valence-corrected chi connectivity index (χ2v) is 18.9. The minimum Gasteiger partial charge on any atom is -0.348 e. The Morgan fingerprint density at radius 2 is 1.56 bits per heavy atom. The molecule has 1 aliphatic carbocycles. The van der Waals surface area contributed by atoms with Crippen LogP contribution in [0.5, 0.6) is 0 Å². The number of rotatable bonds is 15.